The molecule has 146 valence electrons. The van der Waals surface area contributed by atoms with Gasteiger partial charge in [0, 0.05) is 16.5 Å². The van der Waals surface area contributed by atoms with Crippen molar-refractivity contribution in [2.45, 2.75) is 19.0 Å². The molecule has 0 unspecified atom stereocenters. The molecule has 7 heteroatoms. The summed E-state index contributed by atoms with van der Waals surface area (Å²) in [7, 11) is 0. The van der Waals surface area contributed by atoms with E-state index in [1.54, 1.807) is 24.4 Å². The molecule has 0 spiro atoms. The van der Waals surface area contributed by atoms with Crippen LogP contribution in [0.4, 0.5) is 13.2 Å². The summed E-state index contributed by atoms with van der Waals surface area (Å²) in [4.78, 5) is 13.4. The highest BCUT2D eigenvalue weighted by molar-refractivity contribution is 7.10. The average Bonchev–Trinajstić information content (AvgIpc) is 3.19. The van der Waals surface area contributed by atoms with Crippen LogP contribution in [0.1, 0.15) is 35.0 Å². The summed E-state index contributed by atoms with van der Waals surface area (Å²) in [6, 6.07) is 12.5. The second kappa shape index (κ2) is 9.03. The van der Waals surface area contributed by atoms with Crippen molar-refractivity contribution in [1.82, 2.24) is 5.32 Å². The van der Waals surface area contributed by atoms with Gasteiger partial charge in [0.15, 0.2) is 6.54 Å². The van der Waals surface area contributed by atoms with Crippen LogP contribution in [0.25, 0.3) is 0 Å². The molecule has 3 nitrogen and oxygen atoms in total. The molecule has 3 N–H and O–H groups in total. The van der Waals surface area contributed by atoms with Crippen molar-refractivity contribution < 1.29 is 23.3 Å². The van der Waals surface area contributed by atoms with E-state index in [1.165, 1.54) is 35.6 Å². The minimum Gasteiger partial charge on any atom is -0.339 e. The first kappa shape index (κ1) is 20.1. The first-order valence-corrected chi connectivity index (χ1v) is 9.68. The number of nitrogens with one attached hydrogen (secondary N) is 1. The Morgan fingerprint density at radius 3 is 2.43 bits per heavy atom. The van der Waals surface area contributed by atoms with Crippen LogP contribution in [0, 0.1) is 17.5 Å². The standard InChI is InChI=1S/C21H19F3N2OS/c1-13(17-9-8-16(23)11-18(17)24)25-12-20(27)26-21(19-3-2-10-28-19)14-4-6-15(22)7-5-14/h2-11,13,21,25H,12H2,1H3,(H,26,27)/p+1/t13-,21+/m0/s1. The first-order chi connectivity index (χ1) is 13.4. The van der Waals surface area contributed by atoms with Crippen LogP contribution in [-0.4, -0.2) is 12.5 Å². The predicted molar refractivity (Wildman–Crippen MR) is 102 cm³/mol. The fraction of sp³-hybridized carbons (Fsp3) is 0.190. The van der Waals surface area contributed by atoms with Crippen molar-refractivity contribution in [1.29, 1.82) is 0 Å². The molecule has 2 aromatic carbocycles. The molecular formula is C21H20F3N2OS+. The lowest BCUT2D eigenvalue weighted by molar-refractivity contribution is -0.682. The first-order valence-electron chi connectivity index (χ1n) is 8.80. The molecule has 3 rings (SSSR count). The number of halogens is 3. The predicted octanol–water partition coefficient (Wildman–Crippen LogP) is 3.70. The zero-order valence-electron chi connectivity index (χ0n) is 15.2. The molecule has 0 aliphatic rings. The summed E-state index contributed by atoms with van der Waals surface area (Å²) in [6.07, 6.45) is 0. The highest BCUT2D eigenvalue weighted by Crippen LogP contribution is 2.26. The number of thiophene rings is 1. The third kappa shape index (κ3) is 4.99. The molecule has 1 aromatic heterocycles. The molecule has 1 heterocycles. The summed E-state index contributed by atoms with van der Waals surface area (Å²) in [5.74, 6) is -1.85. The Labute approximate surface area is 165 Å². The van der Waals surface area contributed by atoms with Crippen LogP contribution in [-0.2, 0) is 4.79 Å². The lowest BCUT2D eigenvalue weighted by Gasteiger charge is -2.18. The van der Waals surface area contributed by atoms with Gasteiger partial charge in [-0.1, -0.05) is 18.2 Å². The van der Waals surface area contributed by atoms with Gasteiger partial charge in [0.2, 0.25) is 0 Å². The highest BCUT2D eigenvalue weighted by atomic mass is 32.1. The largest absolute Gasteiger partial charge is 0.339 e. The molecule has 1 amide bonds. The molecule has 0 bridgehead atoms. The summed E-state index contributed by atoms with van der Waals surface area (Å²) in [5.41, 5.74) is 1.11. The van der Waals surface area contributed by atoms with Gasteiger partial charge in [0.05, 0.1) is 6.04 Å². The number of hydrogen-bond acceptors (Lipinski definition) is 2. The van der Waals surface area contributed by atoms with Gasteiger partial charge < -0.3 is 10.6 Å². The van der Waals surface area contributed by atoms with E-state index in [0.29, 0.717) is 5.56 Å². The smallest absolute Gasteiger partial charge is 0.275 e. The minimum atomic E-state index is -0.635. The molecule has 2 atom stereocenters. The van der Waals surface area contributed by atoms with Gasteiger partial charge in [-0.3, -0.25) is 4.79 Å². The van der Waals surface area contributed by atoms with Gasteiger partial charge in [0.1, 0.15) is 23.5 Å². The van der Waals surface area contributed by atoms with E-state index in [9.17, 15) is 18.0 Å². The van der Waals surface area contributed by atoms with E-state index >= 15 is 0 Å². The van der Waals surface area contributed by atoms with Gasteiger partial charge in [0.25, 0.3) is 5.91 Å². The normalized spacial score (nSPS) is 13.1. The lowest BCUT2D eigenvalue weighted by atomic mass is 10.1. The molecule has 0 fully saturated rings. The molecular weight excluding hydrogens is 385 g/mol. The van der Waals surface area contributed by atoms with Crippen molar-refractivity contribution in [2.75, 3.05) is 6.54 Å². The van der Waals surface area contributed by atoms with Crippen LogP contribution in [0.5, 0.6) is 0 Å². The van der Waals surface area contributed by atoms with E-state index in [4.69, 9.17) is 0 Å². The van der Waals surface area contributed by atoms with Crippen LogP contribution in [0.2, 0.25) is 0 Å². The number of carbonyl (C=O) groups excluding carboxylic acids is 1. The van der Waals surface area contributed by atoms with E-state index in [2.05, 4.69) is 5.32 Å². The van der Waals surface area contributed by atoms with Crippen LogP contribution >= 0.6 is 11.3 Å². The number of carbonyl (C=O) groups is 1. The van der Waals surface area contributed by atoms with E-state index < -0.39 is 11.6 Å². The van der Waals surface area contributed by atoms with Gasteiger partial charge in [-0.15, -0.1) is 11.3 Å². The van der Waals surface area contributed by atoms with Crippen molar-refractivity contribution in [3.63, 3.8) is 0 Å². The Bertz CT molecular complexity index is 929. The number of amides is 1. The maximum atomic E-state index is 13.9. The van der Waals surface area contributed by atoms with E-state index in [0.717, 1.165) is 16.5 Å². The molecule has 0 aliphatic carbocycles. The molecule has 0 radical (unpaired) electrons. The number of quaternary nitrogens is 1. The average molecular weight is 405 g/mol. The Kier molecular flexibility index (Phi) is 6.49. The molecule has 0 saturated carbocycles. The van der Waals surface area contributed by atoms with Crippen molar-refractivity contribution >= 4 is 17.2 Å². The van der Waals surface area contributed by atoms with Crippen molar-refractivity contribution in [3.8, 4) is 0 Å². The van der Waals surface area contributed by atoms with Gasteiger partial charge in [-0.05, 0) is 48.2 Å². The summed E-state index contributed by atoms with van der Waals surface area (Å²) in [5, 5.41) is 6.54. The van der Waals surface area contributed by atoms with Crippen LogP contribution < -0.4 is 10.6 Å². The summed E-state index contributed by atoms with van der Waals surface area (Å²) >= 11 is 1.49. The Morgan fingerprint density at radius 1 is 1.07 bits per heavy atom. The second-order valence-electron chi connectivity index (χ2n) is 6.46. The quantitative estimate of drug-likeness (QED) is 0.619. The zero-order valence-corrected chi connectivity index (χ0v) is 16.0. The summed E-state index contributed by atoms with van der Waals surface area (Å²) in [6.45, 7) is 1.82. The Hall–Kier alpha value is -2.64. The van der Waals surface area contributed by atoms with Crippen LogP contribution in [0.3, 0.4) is 0 Å². The third-order valence-corrected chi connectivity index (χ3v) is 5.38. The number of nitrogens with two attached hydrogens (primary N) is 1. The molecule has 0 aliphatic heterocycles. The summed E-state index contributed by atoms with van der Waals surface area (Å²) < 4.78 is 40.2. The van der Waals surface area contributed by atoms with E-state index in [-0.39, 0.29) is 30.4 Å². The van der Waals surface area contributed by atoms with Crippen LogP contribution in [0.15, 0.2) is 60.0 Å². The number of hydrogen-bond donors (Lipinski definition) is 2. The molecule has 3 aromatic rings. The Morgan fingerprint density at radius 2 is 1.79 bits per heavy atom. The van der Waals surface area contributed by atoms with Gasteiger partial charge in [-0.2, -0.15) is 0 Å². The molecule has 28 heavy (non-hydrogen) atoms. The monoisotopic (exact) mass is 405 g/mol. The number of benzene rings is 2. The maximum Gasteiger partial charge on any atom is 0.275 e. The number of rotatable bonds is 7. The van der Waals surface area contributed by atoms with Gasteiger partial charge >= 0.3 is 0 Å². The highest BCUT2D eigenvalue weighted by Gasteiger charge is 2.21. The topological polar surface area (TPSA) is 45.7 Å². The Balaban J connectivity index is 1.66. The third-order valence-electron chi connectivity index (χ3n) is 4.45. The van der Waals surface area contributed by atoms with Crippen molar-refractivity contribution in [2.24, 2.45) is 0 Å². The fourth-order valence-corrected chi connectivity index (χ4v) is 3.73. The van der Waals surface area contributed by atoms with E-state index in [1.807, 2.05) is 17.5 Å². The zero-order chi connectivity index (χ0) is 20.1. The SMILES string of the molecule is C[C@H]([NH2+]CC(=O)N[C@H](c1ccc(F)cc1)c1cccs1)c1ccc(F)cc1F. The van der Waals surface area contributed by atoms with Gasteiger partial charge in [-0.25, -0.2) is 13.2 Å². The molecule has 0 saturated heterocycles. The lowest BCUT2D eigenvalue weighted by Crippen LogP contribution is -2.87. The second-order valence-corrected chi connectivity index (χ2v) is 7.44. The fourth-order valence-electron chi connectivity index (χ4n) is 2.93. The maximum absolute atomic E-state index is 13.9. The minimum absolute atomic E-state index is 0.0705. The van der Waals surface area contributed by atoms with Crippen molar-refractivity contribution in [3.05, 3.63) is 93.4 Å².